The average Bonchev–Trinajstić information content (AvgIpc) is 2.75. The predicted octanol–water partition coefficient (Wildman–Crippen LogP) is 3.66. The first kappa shape index (κ1) is 14.6. The van der Waals surface area contributed by atoms with Crippen LogP contribution in [-0.2, 0) is 6.42 Å². The fourth-order valence-corrected chi connectivity index (χ4v) is 2.16. The lowest BCUT2D eigenvalue weighted by molar-refractivity contribution is 0.101. The van der Waals surface area contributed by atoms with E-state index in [1.807, 2.05) is 6.92 Å². The summed E-state index contributed by atoms with van der Waals surface area (Å²) in [6.07, 6.45) is 1.70. The number of H-pyrrole nitrogens is 1. The van der Waals surface area contributed by atoms with E-state index in [1.54, 1.807) is 6.07 Å². The molecule has 2 rings (SSSR count). The second-order valence-electron chi connectivity index (χ2n) is 4.23. The summed E-state index contributed by atoms with van der Waals surface area (Å²) < 4.78 is 27.5. The molecule has 1 amide bonds. The molecule has 106 valence electrons. The van der Waals surface area contributed by atoms with Gasteiger partial charge >= 0.3 is 0 Å². The molecule has 20 heavy (non-hydrogen) atoms. The number of aryl methyl sites for hydroxylation is 1. The first-order valence-corrected chi connectivity index (χ1v) is 6.80. The second kappa shape index (κ2) is 6.13. The topological polar surface area (TPSA) is 57.8 Å². The van der Waals surface area contributed by atoms with Crippen LogP contribution in [0.25, 0.3) is 0 Å². The molecule has 0 bridgehead atoms. The number of hydrogen-bond acceptors (Lipinski definition) is 2. The van der Waals surface area contributed by atoms with Gasteiger partial charge < -0.3 is 5.32 Å². The molecule has 7 heteroatoms. The molecule has 1 heterocycles. The number of carbonyl (C=O) groups is 1. The summed E-state index contributed by atoms with van der Waals surface area (Å²) in [5, 5.41) is 8.97. The summed E-state index contributed by atoms with van der Waals surface area (Å²) in [7, 11) is 0. The molecule has 1 aromatic heterocycles. The average molecular weight is 344 g/mol. The highest BCUT2D eigenvalue weighted by Gasteiger charge is 2.19. The van der Waals surface area contributed by atoms with E-state index in [1.165, 1.54) is 0 Å². The van der Waals surface area contributed by atoms with Gasteiger partial charge in [0.1, 0.15) is 17.2 Å². The van der Waals surface area contributed by atoms with Crippen molar-refractivity contribution in [1.82, 2.24) is 10.2 Å². The first-order valence-electron chi connectivity index (χ1n) is 6.01. The number of aromatic amines is 1. The Morgan fingerprint density at radius 3 is 2.60 bits per heavy atom. The van der Waals surface area contributed by atoms with E-state index in [4.69, 9.17) is 0 Å². The van der Waals surface area contributed by atoms with E-state index in [0.29, 0.717) is 0 Å². The molecule has 0 spiro atoms. The van der Waals surface area contributed by atoms with Gasteiger partial charge in [-0.2, -0.15) is 5.10 Å². The number of carbonyl (C=O) groups excluding carboxylic acids is 1. The molecule has 0 unspecified atom stereocenters. The Morgan fingerprint density at radius 2 is 2.00 bits per heavy atom. The summed E-state index contributed by atoms with van der Waals surface area (Å²) in [6, 6.07) is 3.70. The van der Waals surface area contributed by atoms with E-state index >= 15 is 0 Å². The quantitative estimate of drug-likeness (QED) is 0.889. The summed E-state index contributed by atoms with van der Waals surface area (Å²) in [5.41, 5.74) is 0.216. The zero-order chi connectivity index (χ0) is 14.7. The molecule has 0 saturated heterocycles. The van der Waals surface area contributed by atoms with Gasteiger partial charge in [-0.05, 0) is 18.6 Å². The van der Waals surface area contributed by atoms with Gasteiger partial charge in [0.25, 0.3) is 5.91 Å². The number of anilines is 1. The van der Waals surface area contributed by atoms with Crippen LogP contribution < -0.4 is 5.32 Å². The SMILES string of the molecule is CCCc1cc(NC(=O)c2c(F)cc(Br)cc2F)n[nH]1. The molecule has 0 aliphatic rings. The zero-order valence-corrected chi connectivity index (χ0v) is 12.2. The van der Waals surface area contributed by atoms with Crippen molar-refractivity contribution in [3.8, 4) is 0 Å². The molecule has 0 radical (unpaired) electrons. The van der Waals surface area contributed by atoms with Gasteiger partial charge in [0.2, 0.25) is 0 Å². The van der Waals surface area contributed by atoms with Crippen LogP contribution in [-0.4, -0.2) is 16.1 Å². The molecule has 0 saturated carbocycles. The Balaban J connectivity index is 2.19. The zero-order valence-electron chi connectivity index (χ0n) is 10.6. The van der Waals surface area contributed by atoms with Crippen molar-refractivity contribution in [3.63, 3.8) is 0 Å². The van der Waals surface area contributed by atoms with Crippen molar-refractivity contribution < 1.29 is 13.6 Å². The largest absolute Gasteiger partial charge is 0.305 e. The van der Waals surface area contributed by atoms with Crippen LogP contribution >= 0.6 is 15.9 Å². The van der Waals surface area contributed by atoms with Crippen LogP contribution in [0, 0.1) is 11.6 Å². The number of nitrogens with one attached hydrogen (secondary N) is 2. The number of amides is 1. The summed E-state index contributed by atoms with van der Waals surface area (Å²) in [4.78, 5) is 11.9. The Hall–Kier alpha value is -1.76. The van der Waals surface area contributed by atoms with Crippen LogP contribution in [0.5, 0.6) is 0 Å². The predicted molar refractivity (Wildman–Crippen MR) is 74.6 cm³/mol. The third-order valence-electron chi connectivity index (χ3n) is 2.63. The van der Waals surface area contributed by atoms with Gasteiger partial charge in [0, 0.05) is 16.2 Å². The van der Waals surface area contributed by atoms with Gasteiger partial charge in [0.15, 0.2) is 5.82 Å². The lowest BCUT2D eigenvalue weighted by Gasteiger charge is -2.05. The molecule has 0 atom stereocenters. The van der Waals surface area contributed by atoms with Gasteiger partial charge in [-0.1, -0.05) is 29.3 Å². The van der Waals surface area contributed by atoms with Crippen LogP contribution in [0.1, 0.15) is 29.4 Å². The molecule has 0 aliphatic carbocycles. The highest BCUT2D eigenvalue weighted by atomic mass is 79.9. The van der Waals surface area contributed by atoms with Crippen LogP contribution in [0.4, 0.5) is 14.6 Å². The molecule has 4 nitrogen and oxygen atoms in total. The van der Waals surface area contributed by atoms with E-state index in [0.717, 1.165) is 30.7 Å². The van der Waals surface area contributed by atoms with Crippen LogP contribution in [0.15, 0.2) is 22.7 Å². The fraction of sp³-hybridized carbons (Fsp3) is 0.231. The van der Waals surface area contributed by atoms with Crippen molar-refractivity contribution in [2.24, 2.45) is 0 Å². The maximum atomic E-state index is 13.6. The Bertz CT molecular complexity index is 619. The van der Waals surface area contributed by atoms with Gasteiger partial charge in [-0.3, -0.25) is 9.89 Å². The third kappa shape index (κ3) is 3.22. The molecule has 0 aliphatic heterocycles. The summed E-state index contributed by atoms with van der Waals surface area (Å²) >= 11 is 2.95. The van der Waals surface area contributed by atoms with E-state index < -0.39 is 23.1 Å². The highest BCUT2D eigenvalue weighted by molar-refractivity contribution is 9.10. The summed E-state index contributed by atoms with van der Waals surface area (Å²) in [5.74, 6) is -2.50. The smallest absolute Gasteiger partial charge is 0.262 e. The summed E-state index contributed by atoms with van der Waals surface area (Å²) in [6.45, 7) is 2.01. The lowest BCUT2D eigenvalue weighted by atomic mass is 10.2. The molecule has 2 aromatic rings. The lowest BCUT2D eigenvalue weighted by Crippen LogP contribution is -2.16. The molecular weight excluding hydrogens is 332 g/mol. The van der Waals surface area contributed by atoms with Gasteiger partial charge in [-0.15, -0.1) is 0 Å². The molecule has 2 N–H and O–H groups in total. The van der Waals surface area contributed by atoms with E-state index in [2.05, 4.69) is 31.4 Å². The number of hydrogen-bond donors (Lipinski definition) is 2. The number of halogens is 3. The highest BCUT2D eigenvalue weighted by Crippen LogP contribution is 2.20. The Labute approximate surface area is 122 Å². The van der Waals surface area contributed by atoms with Gasteiger partial charge in [0.05, 0.1) is 0 Å². The van der Waals surface area contributed by atoms with Crippen LogP contribution in [0.3, 0.4) is 0 Å². The fourth-order valence-electron chi connectivity index (χ4n) is 1.76. The van der Waals surface area contributed by atoms with Crippen molar-refractivity contribution in [3.05, 3.63) is 45.6 Å². The minimum absolute atomic E-state index is 0.231. The van der Waals surface area contributed by atoms with Crippen molar-refractivity contribution in [2.75, 3.05) is 5.32 Å². The standard InChI is InChI=1S/C13H12BrF2N3O/c1-2-3-8-6-11(19-18-8)17-13(20)12-9(15)4-7(14)5-10(12)16/h4-6H,2-3H2,1H3,(H2,17,18,19,20). The maximum absolute atomic E-state index is 13.6. The monoisotopic (exact) mass is 343 g/mol. The number of nitrogens with zero attached hydrogens (tertiary/aromatic N) is 1. The van der Waals surface area contributed by atoms with E-state index in [9.17, 15) is 13.6 Å². The molecule has 0 fully saturated rings. The first-order chi connectivity index (χ1) is 9.51. The van der Waals surface area contributed by atoms with E-state index in [-0.39, 0.29) is 10.3 Å². The number of aromatic nitrogens is 2. The number of rotatable bonds is 4. The third-order valence-corrected chi connectivity index (χ3v) is 3.08. The van der Waals surface area contributed by atoms with Crippen molar-refractivity contribution in [2.45, 2.75) is 19.8 Å². The normalized spacial score (nSPS) is 10.6. The molecule has 1 aromatic carbocycles. The minimum Gasteiger partial charge on any atom is -0.305 e. The van der Waals surface area contributed by atoms with Crippen molar-refractivity contribution in [1.29, 1.82) is 0 Å². The van der Waals surface area contributed by atoms with Crippen molar-refractivity contribution >= 4 is 27.7 Å². The van der Waals surface area contributed by atoms with Gasteiger partial charge in [-0.25, -0.2) is 8.78 Å². The van der Waals surface area contributed by atoms with Crippen LogP contribution in [0.2, 0.25) is 0 Å². The Morgan fingerprint density at radius 1 is 1.35 bits per heavy atom. The molecular formula is C13H12BrF2N3O. The Kier molecular flexibility index (Phi) is 4.49. The maximum Gasteiger partial charge on any atom is 0.262 e. The minimum atomic E-state index is -0.932. The number of benzene rings is 1. The second-order valence-corrected chi connectivity index (χ2v) is 5.14.